The van der Waals surface area contributed by atoms with E-state index in [-0.39, 0.29) is 12.4 Å². The Balaban J connectivity index is 1.88. The molecule has 1 aliphatic heterocycles. The van der Waals surface area contributed by atoms with E-state index in [2.05, 4.69) is 6.92 Å². The number of nitrogens with two attached hydrogens (primary N) is 1. The highest BCUT2D eigenvalue weighted by Gasteiger charge is 2.27. The third-order valence-electron chi connectivity index (χ3n) is 3.97. The van der Waals surface area contributed by atoms with Gasteiger partial charge in [0.2, 0.25) is 10.0 Å². The maximum atomic E-state index is 12.3. The zero-order valence-electron chi connectivity index (χ0n) is 12.5. The van der Waals surface area contributed by atoms with Crippen molar-refractivity contribution in [2.45, 2.75) is 26.2 Å². The molecule has 2 N–H and O–H groups in total. The lowest BCUT2D eigenvalue weighted by Crippen LogP contribution is -2.41. The van der Waals surface area contributed by atoms with Crippen LogP contribution in [0.1, 0.15) is 26.2 Å². The highest BCUT2D eigenvalue weighted by Crippen LogP contribution is 2.22. The predicted octanol–water partition coefficient (Wildman–Crippen LogP) is 2.10. The fourth-order valence-electron chi connectivity index (χ4n) is 2.61. The second-order valence-electron chi connectivity index (χ2n) is 5.48. The standard InChI is InChI=1S/C15H24N2O3S/c1-2-13-6-5-9-17(12-13)21(18,19)11-10-20-15-8-4-3-7-14(15)16/h3-4,7-8,13H,2,5-6,9-12,16H2,1H3. The van der Waals surface area contributed by atoms with Crippen molar-refractivity contribution in [2.75, 3.05) is 31.2 Å². The second-order valence-corrected chi connectivity index (χ2v) is 7.57. The van der Waals surface area contributed by atoms with Crippen molar-refractivity contribution < 1.29 is 13.2 Å². The molecule has 1 heterocycles. The van der Waals surface area contributed by atoms with Gasteiger partial charge in [0.25, 0.3) is 0 Å². The molecule has 0 radical (unpaired) electrons. The number of nitrogen functional groups attached to an aromatic ring is 1. The van der Waals surface area contributed by atoms with Gasteiger partial charge in [-0.3, -0.25) is 0 Å². The summed E-state index contributed by atoms with van der Waals surface area (Å²) >= 11 is 0. The number of hydrogen-bond acceptors (Lipinski definition) is 4. The van der Waals surface area contributed by atoms with Crippen LogP contribution in [0.5, 0.6) is 5.75 Å². The molecule has 21 heavy (non-hydrogen) atoms. The SMILES string of the molecule is CCC1CCCN(S(=O)(=O)CCOc2ccccc2N)C1. The van der Waals surface area contributed by atoms with Crippen LogP contribution in [0.4, 0.5) is 5.69 Å². The highest BCUT2D eigenvalue weighted by molar-refractivity contribution is 7.89. The molecule has 0 bridgehead atoms. The Labute approximate surface area is 127 Å². The minimum absolute atomic E-state index is 0.00221. The molecule has 5 nitrogen and oxygen atoms in total. The van der Waals surface area contributed by atoms with Gasteiger partial charge in [-0.2, -0.15) is 0 Å². The largest absolute Gasteiger partial charge is 0.490 e. The molecule has 0 saturated carbocycles. The molecule has 0 aromatic heterocycles. The Morgan fingerprint density at radius 2 is 2.14 bits per heavy atom. The van der Waals surface area contributed by atoms with E-state index in [1.54, 1.807) is 16.4 Å². The van der Waals surface area contributed by atoms with Crippen LogP contribution in [0.25, 0.3) is 0 Å². The van der Waals surface area contributed by atoms with Crippen LogP contribution < -0.4 is 10.5 Å². The summed E-state index contributed by atoms with van der Waals surface area (Å²) in [6.45, 7) is 3.52. The van der Waals surface area contributed by atoms with Crippen LogP contribution in [-0.4, -0.2) is 38.2 Å². The highest BCUT2D eigenvalue weighted by atomic mass is 32.2. The Morgan fingerprint density at radius 1 is 1.38 bits per heavy atom. The van der Waals surface area contributed by atoms with E-state index >= 15 is 0 Å². The summed E-state index contributed by atoms with van der Waals surface area (Å²) in [6.07, 6.45) is 3.10. The van der Waals surface area contributed by atoms with Crippen LogP contribution in [0.2, 0.25) is 0 Å². The van der Waals surface area contributed by atoms with Gasteiger partial charge in [-0.05, 0) is 30.9 Å². The average Bonchev–Trinajstić information content (AvgIpc) is 2.49. The van der Waals surface area contributed by atoms with Crippen molar-refractivity contribution in [3.63, 3.8) is 0 Å². The molecular formula is C15H24N2O3S. The van der Waals surface area contributed by atoms with Gasteiger partial charge in [-0.1, -0.05) is 25.5 Å². The normalized spacial score (nSPS) is 20.3. The van der Waals surface area contributed by atoms with E-state index < -0.39 is 10.0 Å². The molecule has 1 fully saturated rings. The van der Waals surface area contributed by atoms with Gasteiger partial charge >= 0.3 is 0 Å². The van der Waals surface area contributed by atoms with E-state index in [0.717, 1.165) is 19.3 Å². The monoisotopic (exact) mass is 312 g/mol. The first kappa shape index (κ1) is 16.1. The number of hydrogen-bond donors (Lipinski definition) is 1. The van der Waals surface area contributed by atoms with E-state index in [1.165, 1.54) is 0 Å². The van der Waals surface area contributed by atoms with Gasteiger partial charge in [0.15, 0.2) is 0 Å². The molecule has 1 atom stereocenters. The molecule has 1 aromatic carbocycles. The van der Waals surface area contributed by atoms with Crippen molar-refractivity contribution in [3.05, 3.63) is 24.3 Å². The van der Waals surface area contributed by atoms with Gasteiger partial charge in [0, 0.05) is 13.1 Å². The molecule has 2 rings (SSSR count). The Morgan fingerprint density at radius 3 is 2.86 bits per heavy atom. The smallest absolute Gasteiger partial charge is 0.217 e. The molecule has 118 valence electrons. The maximum absolute atomic E-state index is 12.3. The first-order valence-corrected chi connectivity index (χ1v) is 9.09. The minimum Gasteiger partial charge on any atom is -0.490 e. The molecule has 1 aromatic rings. The van der Waals surface area contributed by atoms with Gasteiger partial charge in [-0.25, -0.2) is 12.7 Å². The van der Waals surface area contributed by atoms with Gasteiger partial charge in [0.05, 0.1) is 11.4 Å². The molecule has 0 amide bonds. The average molecular weight is 312 g/mol. The van der Waals surface area contributed by atoms with Crippen LogP contribution in [0, 0.1) is 5.92 Å². The second kappa shape index (κ2) is 7.13. The number of rotatable bonds is 6. The van der Waals surface area contributed by atoms with Crippen molar-refractivity contribution in [1.82, 2.24) is 4.31 Å². The molecule has 1 unspecified atom stereocenters. The first-order valence-electron chi connectivity index (χ1n) is 7.48. The van der Waals surface area contributed by atoms with Crippen LogP contribution in [0.3, 0.4) is 0 Å². The Hall–Kier alpha value is -1.27. The fourth-order valence-corrected chi connectivity index (χ4v) is 4.01. The van der Waals surface area contributed by atoms with Crippen molar-refractivity contribution in [3.8, 4) is 5.75 Å². The zero-order chi connectivity index (χ0) is 15.3. The summed E-state index contributed by atoms with van der Waals surface area (Å²) in [7, 11) is -3.24. The Bertz CT molecular complexity index is 560. The Kier molecular flexibility index (Phi) is 5.47. The maximum Gasteiger partial charge on any atom is 0.217 e. The molecule has 6 heteroatoms. The molecule has 1 saturated heterocycles. The minimum atomic E-state index is -3.24. The van der Waals surface area contributed by atoms with Crippen molar-refractivity contribution in [2.24, 2.45) is 5.92 Å². The van der Waals surface area contributed by atoms with Crippen molar-refractivity contribution in [1.29, 1.82) is 0 Å². The topological polar surface area (TPSA) is 72.6 Å². The van der Waals surface area contributed by atoms with Gasteiger partial charge in [0.1, 0.15) is 12.4 Å². The summed E-state index contributed by atoms with van der Waals surface area (Å²) in [4.78, 5) is 0. The van der Waals surface area contributed by atoms with Crippen LogP contribution in [0.15, 0.2) is 24.3 Å². The predicted molar refractivity (Wildman–Crippen MR) is 84.7 cm³/mol. The zero-order valence-corrected chi connectivity index (χ0v) is 13.3. The summed E-state index contributed by atoms with van der Waals surface area (Å²) in [6, 6.07) is 7.12. The van der Waals surface area contributed by atoms with Crippen molar-refractivity contribution >= 4 is 15.7 Å². The fraction of sp³-hybridized carbons (Fsp3) is 0.600. The van der Waals surface area contributed by atoms with E-state index in [9.17, 15) is 8.42 Å². The number of anilines is 1. The summed E-state index contributed by atoms with van der Waals surface area (Å²) in [5, 5.41) is 0. The van der Waals surface area contributed by atoms with E-state index in [4.69, 9.17) is 10.5 Å². The quantitative estimate of drug-likeness (QED) is 0.817. The summed E-state index contributed by atoms with van der Waals surface area (Å²) < 4.78 is 31.8. The molecule has 1 aliphatic rings. The van der Waals surface area contributed by atoms with E-state index in [0.29, 0.717) is 30.4 Å². The van der Waals surface area contributed by atoms with Crippen LogP contribution in [-0.2, 0) is 10.0 Å². The lowest BCUT2D eigenvalue weighted by molar-refractivity contribution is 0.258. The lowest BCUT2D eigenvalue weighted by Gasteiger charge is -2.31. The number of nitrogens with zero attached hydrogens (tertiary/aromatic N) is 1. The first-order chi connectivity index (χ1) is 10.0. The molecule has 0 spiro atoms. The van der Waals surface area contributed by atoms with Gasteiger partial charge in [-0.15, -0.1) is 0 Å². The third-order valence-corrected chi connectivity index (χ3v) is 5.77. The number of sulfonamides is 1. The van der Waals surface area contributed by atoms with Crippen LogP contribution >= 0.6 is 0 Å². The summed E-state index contributed by atoms with van der Waals surface area (Å²) in [5.41, 5.74) is 6.29. The lowest BCUT2D eigenvalue weighted by atomic mass is 9.97. The number of piperidine rings is 1. The number of ether oxygens (including phenoxy) is 1. The van der Waals surface area contributed by atoms with E-state index in [1.807, 2.05) is 12.1 Å². The third kappa shape index (κ3) is 4.35. The molecular weight excluding hydrogens is 288 g/mol. The number of benzene rings is 1. The summed E-state index contributed by atoms with van der Waals surface area (Å²) in [5.74, 6) is 1.02. The number of para-hydroxylation sites is 2. The molecule has 0 aliphatic carbocycles. The van der Waals surface area contributed by atoms with Gasteiger partial charge < -0.3 is 10.5 Å².